The normalized spacial score (nSPS) is 29.5. The number of rotatable bonds is 2. The second-order valence-corrected chi connectivity index (χ2v) is 3.06. The topological polar surface area (TPSA) is 0 Å². The van der Waals surface area contributed by atoms with Crippen molar-refractivity contribution in [3.05, 3.63) is 12.2 Å². The van der Waals surface area contributed by atoms with E-state index in [1.165, 1.54) is 25.7 Å². The summed E-state index contributed by atoms with van der Waals surface area (Å²) in [6, 6.07) is 0. The van der Waals surface area contributed by atoms with Gasteiger partial charge in [0.15, 0.2) is 0 Å². The van der Waals surface area contributed by atoms with Gasteiger partial charge in [0, 0.05) is 0 Å². The molecule has 0 aromatic carbocycles. The first-order chi connectivity index (χ1) is 3.95. The Balaban J connectivity index is 1.76. The molecule has 0 heterocycles. The van der Waals surface area contributed by atoms with E-state index in [1.54, 1.807) is 0 Å². The van der Waals surface area contributed by atoms with E-state index in [4.69, 9.17) is 0 Å². The van der Waals surface area contributed by atoms with E-state index in [1.807, 2.05) is 0 Å². The lowest BCUT2D eigenvalue weighted by Crippen LogP contribution is -1.64. The maximum Gasteiger partial charge on any atom is -0.0233 e. The lowest BCUT2D eigenvalue weighted by Gasteiger charge is -1.77. The standard InChI is InChI=1S/C8H12/c1-2-7(1)5-6-8-3-4-8/h5-8H,1-4H2. The Morgan fingerprint density at radius 2 is 1.12 bits per heavy atom. The molecule has 0 aliphatic heterocycles. The van der Waals surface area contributed by atoms with Crippen LogP contribution in [0.25, 0.3) is 0 Å². The predicted molar refractivity (Wildman–Crippen MR) is 34.6 cm³/mol. The van der Waals surface area contributed by atoms with Crippen LogP contribution < -0.4 is 0 Å². The van der Waals surface area contributed by atoms with Gasteiger partial charge in [0.2, 0.25) is 0 Å². The molecule has 44 valence electrons. The lowest BCUT2D eigenvalue weighted by molar-refractivity contribution is 1.05. The van der Waals surface area contributed by atoms with E-state index in [9.17, 15) is 0 Å². The zero-order valence-electron chi connectivity index (χ0n) is 5.14. The van der Waals surface area contributed by atoms with Crippen LogP contribution in [0, 0.1) is 11.8 Å². The van der Waals surface area contributed by atoms with Gasteiger partial charge in [-0.1, -0.05) is 12.2 Å². The molecule has 0 saturated heterocycles. The molecule has 0 bridgehead atoms. The van der Waals surface area contributed by atoms with Gasteiger partial charge in [-0.15, -0.1) is 0 Å². The predicted octanol–water partition coefficient (Wildman–Crippen LogP) is 2.36. The van der Waals surface area contributed by atoms with Crippen molar-refractivity contribution in [2.45, 2.75) is 25.7 Å². The molecular weight excluding hydrogens is 96.1 g/mol. The van der Waals surface area contributed by atoms with Crippen molar-refractivity contribution in [1.82, 2.24) is 0 Å². The summed E-state index contributed by atoms with van der Waals surface area (Å²) in [5.74, 6) is 1.99. The molecule has 0 radical (unpaired) electrons. The lowest BCUT2D eigenvalue weighted by atomic mass is 10.3. The fraction of sp³-hybridized carbons (Fsp3) is 0.750. The third kappa shape index (κ3) is 1.12. The van der Waals surface area contributed by atoms with Crippen LogP contribution in [-0.4, -0.2) is 0 Å². The van der Waals surface area contributed by atoms with Crippen molar-refractivity contribution in [3.63, 3.8) is 0 Å². The van der Waals surface area contributed by atoms with Gasteiger partial charge in [0.25, 0.3) is 0 Å². The Kier molecular flexibility index (Phi) is 0.927. The van der Waals surface area contributed by atoms with Gasteiger partial charge in [-0.05, 0) is 37.5 Å². The summed E-state index contributed by atoms with van der Waals surface area (Å²) < 4.78 is 0. The summed E-state index contributed by atoms with van der Waals surface area (Å²) in [5.41, 5.74) is 0. The monoisotopic (exact) mass is 108 g/mol. The fourth-order valence-corrected chi connectivity index (χ4v) is 0.892. The highest BCUT2D eigenvalue weighted by atomic mass is 14.3. The van der Waals surface area contributed by atoms with E-state index >= 15 is 0 Å². The molecule has 0 unspecified atom stereocenters. The van der Waals surface area contributed by atoms with Crippen LogP contribution in [0.2, 0.25) is 0 Å². The molecular formula is C8H12. The van der Waals surface area contributed by atoms with Gasteiger partial charge < -0.3 is 0 Å². The van der Waals surface area contributed by atoms with Crippen molar-refractivity contribution >= 4 is 0 Å². The van der Waals surface area contributed by atoms with Gasteiger partial charge in [0.05, 0.1) is 0 Å². The van der Waals surface area contributed by atoms with Crippen LogP contribution in [0.5, 0.6) is 0 Å². The van der Waals surface area contributed by atoms with E-state index in [0.717, 1.165) is 11.8 Å². The van der Waals surface area contributed by atoms with Crippen molar-refractivity contribution in [3.8, 4) is 0 Å². The zero-order chi connectivity index (χ0) is 5.40. The molecule has 2 aliphatic carbocycles. The maximum absolute atomic E-state index is 2.41. The van der Waals surface area contributed by atoms with E-state index in [-0.39, 0.29) is 0 Å². The van der Waals surface area contributed by atoms with Gasteiger partial charge in [-0.25, -0.2) is 0 Å². The quantitative estimate of drug-likeness (QED) is 0.476. The average molecular weight is 108 g/mol. The molecule has 2 fully saturated rings. The summed E-state index contributed by atoms with van der Waals surface area (Å²) >= 11 is 0. The van der Waals surface area contributed by atoms with Crippen molar-refractivity contribution in [2.75, 3.05) is 0 Å². The minimum Gasteiger partial charge on any atom is -0.0851 e. The van der Waals surface area contributed by atoms with Crippen molar-refractivity contribution in [2.24, 2.45) is 11.8 Å². The smallest absolute Gasteiger partial charge is 0.0233 e. The van der Waals surface area contributed by atoms with Crippen LogP contribution in [0.3, 0.4) is 0 Å². The number of hydrogen-bond donors (Lipinski definition) is 0. The minimum atomic E-state index is 0.996. The fourth-order valence-electron chi connectivity index (χ4n) is 0.892. The Labute approximate surface area is 50.6 Å². The first-order valence-corrected chi connectivity index (χ1v) is 3.63. The molecule has 0 N–H and O–H groups in total. The van der Waals surface area contributed by atoms with E-state index in [2.05, 4.69) is 12.2 Å². The summed E-state index contributed by atoms with van der Waals surface area (Å²) in [6.45, 7) is 0. The Bertz CT molecular complexity index is 91.2. The zero-order valence-corrected chi connectivity index (χ0v) is 5.14. The highest BCUT2D eigenvalue weighted by Crippen LogP contribution is 2.35. The molecule has 2 rings (SSSR count). The number of hydrogen-bond acceptors (Lipinski definition) is 0. The highest BCUT2D eigenvalue weighted by molar-refractivity contribution is 5.02. The molecule has 2 aliphatic rings. The molecule has 8 heavy (non-hydrogen) atoms. The molecule has 0 spiro atoms. The average Bonchev–Trinajstić information content (AvgIpc) is 2.60. The molecule has 0 nitrogen and oxygen atoms in total. The summed E-state index contributed by atoms with van der Waals surface area (Å²) in [7, 11) is 0. The van der Waals surface area contributed by atoms with Gasteiger partial charge in [0.1, 0.15) is 0 Å². The maximum atomic E-state index is 2.41. The van der Waals surface area contributed by atoms with Crippen molar-refractivity contribution in [1.29, 1.82) is 0 Å². The van der Waals surface area contributed by atoms with Crippen LogP contribution >= 0.6 is 0 Å². The Morgan fingerprint density at radius 3 is 1.38 bits per heavy atom. The second kappa shape index (κ2) is 1.61. The summed E-state index contributed by atoms with van der Waals surface area (Å²) in [6.07, 6.45) is 10.7. The van der Waals surface area contributed by atoms with Crippen molar-refractivity contribution < 1.29 is 0 Å². The molecule has 0 heteroatoms. The summed E-state index contributed by atoms with van der Waals surface area (Å²) in [4.78, 5) is 0. The third-order valence-corrected chi connectivity index (χ3v) is 1.90. The minimum absolute atomic E-state index is 0.996. The van der Waals surface area contributed by atoms with Gasteiger partial charge in [-0.2, -0.15) is 0 Å². The first-order valence-electron chi connectivity index (χ1n) is 3.63. The molecule has 0 aromatic heterocycles. The largest absolute Gasteiger partial charge is 0.0851 e. The van der Waals surface area contributed by atoms with Crippen LogP contribution in [0.1, 0.15) is 25.7 Å². The second-order valence-electron chi connectivity index (χ2n) is 3.06. The Hall–Kier alpha value is -0.260. The van der Waals surface area contributed by atoms with Crippen LogP contribution in [0.4, 0.5) is 0 Å². The molecule has 0 amide bonds. The first kappa shape index (κ1) is 4.60. The van der Waals surface area contributed by atoms with E-state index < -0.39 is 0 Å². The van der Waals surface area contributed by atoms with Gasteiger partial charge in [-0.3, -0.25) is 0 Å². The van der Waals surface area contributed by atoms with Crippen LogP contribution in [-0.2, 0) is 0 Å². The Morgan fingerprint density at radius 1 is 0.750 bits per heavy atom. The van der Waals surface area contributed by atoms with Gasteiger partial charge >= 0.3 is 0 Å². The molecule has 0 atom stereocenters. The summed E-state index contributed by atoms with van der Waals surface area (Å²) in [5, 5.41) is 0. The molecule has 0 aromatic rings. The third-order valence-electron chi connectivity index (χ3n) is 1.90. The SMILES string of the molecule is C(=CC1CC1)C1CC1. The molecule has 2 saturated carbocycles. The van der Waals surface area contributed by atoms with E-state index in [0.29, 0.717) is 0 Å². The van der Waals surface area contributed by atoms with Crippen LogP contribution in [0.15, 0.2) is 12.2 Å². The highest BCUT2D eigenvalue weighted by Gasteiger charge is 2.21. The number of allylic oxidation sites excluding steroid dienone is 2.